The first kappa shape index (κ1) is 18.1. The summed E-state index contributed by atoms with van der Waals surface area (Å²) in [5.41, 5.74) is 0.838. The highest BCUT2D eigenvalue weighted by molar-refractivity contribution is 5.94. The van der Waals surface area contributed by atoms with Gasteiger partial charge in [0.1, 0.15) is 0 Å². The second-order valence-electron chi connectivity index (χ2n) is 5.16. The molecule has 0 heterocycles. The molecule has 0 aliphatic carbocycles. The fourth-order valence-corrected chi connectivity index (χ4v) is 1.93. The van der Waals surface area contributed by atoms with Gasteiger partial charge >= 0.3 is 0 Å². The highest BCUT2D eigenvalue weighted by Crippen LogP contribution is 2.11. The summed E-state index contributed by atoms with van der Waals surface area (Å²) in [5.74, 6) is -0.144. The lowest BCUT2D eigenvalue weighted by atomic mass is 10.3. The van der Waals surface area contributed by atoms with E-state index in [1.807, 2.05) is 30.3 Å². The standard InChI is InChI=1S/C16H25N3O3/c1-18(12-15(20)17-10-7-11-22-3)13-16(21)19(2)14-8-5-4-6-9-14/h4-6,8-9H,7,10-13H2,1-3H3,(H,17,20). The zero-order chi connectivity index (χ0) is 16.4. The number of likely N-dealkylation sites (N-methyl/N-ethyl adjacent to an activating group) is 2. The molecule has 0 saturated carbocycles. The first-order valence-corrected chi connectivity index (χ1v) is 7.30. The van der Waals surface area contributed by atoms with Crippen LogP contribution in [0.5, 0.6) is 0 Å². The van der Waals surface area contributed by atoms with Crippen molar-refractivity contribution in [1.29, 1.82) is 0 Å². The van der Waals surface area contributed by atoms with E-state index in [1.54, 1.807) is 31.0 Å². The zero-order valence-electron chi connectivity index (χ0n) is 13.5. The summed E-state index contributed by atoms with van der Waals surface area (Å²) in [6, 6.07) is 9.43. The Hall–Kier alpha value is -1.92. The molecule has 1 rings (SSSR count). The molecule has 1 aromatic carbocycles. The van der Waals surface area contributed by atoms with Crippen LogP contribution in [0.25, 0.3) is 0 Å². The molecule has 0 aliphatic rings. The molecule has 1 aromatic rings. The first-order chi connectivity index (χ1) is 10.5. The fraction of sp³-hybridized carbons (Fsp3) is 0.500. The van der Waals surface area contributed by atoms with Crippen molar-refractivity contribution in [3.8, 4) is 0 Å². The third-order valence-corrected chi connectivity index (χ3v) is 3.18. The molecule has 0 atom stereocenters. The zero-order valence-corrected chi connectivity index (χ0v) is 13.5. The number of hydrogen-bond donors (Lipinski definition) is 1. The van der Waals surface area contributed by atoms with Gasteiger partial charge in [-0.25, -0.2) is 0 Å². The summed E-state index contributed by atoms with van der Waals surface area (Å²) in [5, 5.41) is 2.80. The maximum atomic E-state index is 12.2. The summed E-state index contributed by atoms with van der Waals surface area (Å²) in [6.07, 6.45) is 0.779. The summed E-state index contributed by atoms with van der Waals surface area (Å²) in [6.45, 7) is 1.59. The van der Waals surface area contributed by atoms with Gasteiger partial charge in [-0.05, 0) is 25.6 Å². The number of nitrogens with zero attached hydrogens (tertiary/aromatic N) is 2. The SMILES string of the molecule is COCCCNC(=O)CN(C)CC(=O)N(C)c1ccccc1. The van der Waals surface area contributed by atoms with E-state index < -0.39 is 0 Å². The topological polar surface area (TPSA) is 61.9 Å². The van der Waals surface area contributed by atoms with Crippen LogP contribution in [0.1, 0.15) is 6.42 Å². The first-order valence-electron chi connectivity index (χ1n) is 7.30. The second kappa shape index (κ2) is 9.92. The van der Waals surface area contributed by atoms with E-state index in [-0.39, 0.29) is 24.9 Å². The Balaban J connectivity index is 2.33. The number of methoxy groups -OCH3 is 1. The van der Waals surface area contributed by atoms with E-state index in [0.717, 1.165) is 12.1 Å². The van der Waals surface area contributed by atoms with E-state index in [9.17, 15) is 9.59 Å². The fourth-order valence-electron chi connectivity index (χ4n) is 1.93. The average Bonchev–Trinajstić information content (AvgIpc) is 2.51. The van der Waals surface area contributed by atoms with Crippen molar-refractivity contribution in [2.75, 3.05) is 52.3 Å². The van der Waals surface area contributed by atoms with Crippen molar-refractivity contribution in [3.05, 3.63) is 30.3 Å². The van der Waals surface area contributed by atoms with Gasteiger partial charge in [-0.1, -0.05) is 18.2 Å². The van der Waals surface area contributed by atoms with Gasteiger partial charge in [-0.2, -0.15) is 0 Å². The molecule has 0 bridgehead atoms. The van der Waals surface area contributed by atoms with E-state index in [1.165, 1.54) is 0 Å². The van der Waals surface area contributed by atoms with Crippen molar-refractivity contribution in [3.63, 3.8) is 0 Å². The molecule has 22 heavy (non-hydrogen) atoms. The molecule has 6 heteroatoms. The van der Waals surface area contributed by atoms with Crippen LogP contribution in [-0.4, -0.2) is 64.2 Å². The number of ether oxygens (including phenoxy) is 1. The molecule has 0 fully saturated rings. The van der Waals surface area contributed by atoms with E-state index >= 15 is 0 Å². The molecule has 1 N–H and O–H groups in total. The third kappa shape index (κ3) is 6.69. The highest BCUT2D eigenvalue weighted by Gasteiger charge is 2.14. The minimum Gasteiger partial charge on any atom is -0.385 e. The Labute approximate surface area is 132 Å². The van der Waals surface area contributed by atoms with Crippen molar-refractivity contribution in [2.24, 2.45) is 0 Å². The molecule has 0 radical (unpaired) electrons. The Morgan fingerprint density at radius 3 is 2.45 bits per heavy atom. The normalized spacial score (nSPS) is 10.5. The average molecular weight is 307 g/mol. The Kier molecular flexibility index (Phi) is 8.17. The predicted octanol–water partition coefficient (Wildman–Crippen LogP) is 0.734. The monoisotopic (exact) mass is 307 g/mol. The molecule has 122 valence electrons. The van der Waals surface area contributed by atoms with Gasteiger partial charge in [0.15, 0.2) is 0 Å². The number of amides is 2. The lowest BCUT2D eigenvalue weighted by Gasteiger charge is -2.21. The molecule has 6 nitrogen and oxygen atoms in total. The van der Waals surface area contributed by atoms with Crippen LogP contribution in [0.15, 0.2) is 30.3 Å². The molecule has 0 saturated heterocycles. The van der Waals surface area contributed by atoms with Gasteiger partial charge in [0.2, 0.25) is 11.8 Å². The summed E-state index contributed by atoms with van der Waals surface area (Å²) >= 11 is 0. The lowest BCUT2D eigenvalue weighted by molar-refractivity contribution is -0.123. The van der Waals surface area contributed by atoms with E-state index in [4.69, 9.17) is 4.74 Å². The van der Waals surface area contributed by atoms with Crippen LogP contribution in [0.4, 0.5) is 5.69 Å². The van der Waals surface area contributed by atoms with Crippen LogP contribution in [0.3, 0.4) is 0 Å². The van der Waals surface area contributed by atoms with Crippen LogP contribution in [0.2, 0.25) is 0 Å². The number of anilines is 1. The number of para-hydroxylation sites is 1. The number of carbonyl (C=O) groups is 2. The summed E-state index contributed by atoms with van der Waals surface area (Å²) in [7, 11) is 5.12. The number of benzene rings is 1. The van der Waals surface area contributed by atoms with Crippen molar-refractivity contribution in [2.45, 2.75) is 6.42 Å². The predicted molar refractivity (Wildman–Crippen MR) is 86.9 cm³/mol. The van der Waals surface area contributed by atoms with Crippen LogP contribution in [-0.2, 0) is 14.3 Å². The second-order valence-corrected chi connectivity index (χ2v) is 5.16. The minimum atomic E-state index is -0.0891. The highest BCUT2D eigenvalue weighted by atomic mass is 16.5. The summed E-state index contributed by atoms with van der Waals surface area (Å²) < 4.78 is 4.91. The van der Waals surface area contributed by atoms with E-state index in [0.29, 0.717) is 13.2 Å². The van der Waals surface area contributed by atoms with Gasteiger partial charge in [0.05, 0.1) is 13.1 Å². The molecular weight excluding hydrogens is 282 g/mol. The van der Waals surface area contributed by atoms with Crippen molar-refractivity contribution in [1.82, 2.24) is 10.2 Å². The maximum Gasteiger partial charge on any atom is 0.240 e. The molecule has 0 unspecified atom stereocenters. The maximum absolute atomic E-state index is 12.2. The quantitative estimate of drug-likeness (QED) is 0.683. The Bertz CT molecular complexity index is 465. The third-order valence-electron chi connectivity index (χ3n) is 3.18. The molecule has 0 aliphatic heterocycles. The lowest BCUT2D eigenvalue weighted by Crippen LogP contribution is -2.41. The van der Waals surface area contributed by atoms with Gasteiger partial charge in [-0.3, -0.25) is 14.5 Å². The number of carbonyl (C=O) groups excluding carboxylic acids is 2. The number of nitrogens with one attached hydrogen (secondary N) is 1. The van der Waals surface area contributed by atoms with Crippen LogP contribution >= 0.6 is 0 Å². The number of rotatable bonds is 9. The van der Waals surface area contributed by atoms with Crippen molar-refractivity contribution < 1.29 is 14.3 Å². The van der Waals surface area contributed by atoms with Crippen LogP contribution < -0.4 is 10.2 Å². The van der Waals surface area contributed by atoms with Gasteiger partial charge in [0.25, 0.3) is 0 Å². The van der Waals surface area contributed by atoms with Gasteiger partial charge in [0, 0.05) is 33.0 Å². The number of hydrogen-bond acceptors (Lipinski definition) is 4. The van der Waals surface area contributed by atoms with E-state index in [2.05, 4.69) is 5.32 Å². The molecule has 0 aromatic heterocycles. The Morgan fingerprint density at radius 2 is 1.82 bits per heavy atom. The molecular formula is C16H25N3O3. The summed E-state index contributed by atoms with van der Waals surface area (Å²) in [4.78, 5) is 27.2. The Morgan fingerprint density at radius 1 is 1.14 bits per heavy atom. The molecule has 2 amide bonds. The van der Waals surface area contributed by atoms with Gasteiger partial charge in [-0.15, -0.1) is 0 Å². The minimum absolute atomic E-state index is 0.0547. The molecule has 0 spiro atoms. The van der Waals surface area contributed by atoms with Crippen LogP contribution in [0, 0.1) is 0 Å². The largest absolute Gasteiger partial charge is 0.385 e. The van der Waals surface area contributed by atoms with Gasteiger partial charge < -0.3 is 15.0 Å². The smallest absolute Gasteiger partial charge is 0.240 e. The van der Waals surface area contributed by atoms with Crippen molar-refractivity contribution >= 4 is 17.5 Å².